The van der Waals surface area contributed by atoms with Crippen molar-refractivity contribution in [2.45, 2.75) is 9.79 Å². The van der Waals surface area contributed by atoms with Gasteiger partial charge in [0.2, 0.25) is 6.41 Å². The number of benzene rings is 2. The number of nitrogens with one attached hydrogen (secondary N) is 1. The average molecular weight is 285 g/mol. The zero-order chi connectivity index (χ0) is 14.1. The van der Waals surface area contributed by atoms with Crippen molar-refractivity contribution in [1.82, 2.24) is 5.43 Å². The van der Waals surface area contributed by atoms with Gasteiger partial charge in [-0.25, -0.2) is 5.84 Å². The van der Waals surface area contributed by atoms with E-state index in [0.29, 0.717) is 11.3 Å². The van der Waals surface area contributed by atoms with Crippen LogP contribution in [0.3, 0.4) is 0 Å². The van der Waals surface area contributed by atoms with Crippen molar-refractivity contribution in [3.8, 4) is 0 Å². The maximum atomic E-state index is 11.6. The van der Waals surface area contributed by atoms with Gasteiger partial charge in [0.25, 0.3) is 5.91 Å². The Balaban J connectivity index is 2.14. The molecule has 1 aliphatic rings. The summed E-state index contributed by atoms with van der Waals surface area (Å²) in [5.41, 5.74) is 4.00. The van der Waals surface area contributed by atoms with Crippen molar-refractivity contribution in [3.63, 3.8) is 0 Å². The summed E-state index contributed by atoms with van der Waals surface area (Å²) in [7, 11) is 0. The molecule has 0 radical (unpaired) electrons. The molecule has 2 aromatic rings. The molecule has 20 heavy (non-hydrogen) atoms. The second-order valence-electron chi connectivity index (χ2n) is 4.20. The van der Waals surface area contributed by atoms with E-state index in [1.54, 1.807) is 23.9 Å². The van der Waals surface area contributed by atoms with Gasteiger partial charge in [0.15, 0.2) is 0 Å². The molecular weight excluding hydrogens is 274 g/mol. The number of carbonyl (C=O) groups is 2. The first-order valence-corrected chi connectivity index (χ1v) is 6.72. The molecule has 5 nitrogen and oxygen atoms in total. The van der Waals surface area contributed by atoms with E-state index in [2.05, 4.69) is 5.43 Å². The standard InChI is InChI=1S/C14H11N3O2S/c15-16-14(19)9-5-6-13-11(7-9)17(8-18)10-3-1-2-4-12(10)20-13/h1-8H,15H2,(H,16,19). The molecular formula is C14H11N3O2S. The monoisotopic (exact) mass is 285 g/mol. The Morgan fingerprint density at radius 3 is 2.65 bits per heavy atom. The fourth-order valence-corrected chi connectivity index (χ4v) is 3.17. The third kappa shape index (κ3) is 1.95. The highest BCUT2D eigenvalue weighted by molar-refractivity contribution is 7.99. The molecule has 0 fully saturated rings. The number of fused-ring (bicyclic) bond motifs is 2. The number of rotatable bonds is 2. The molecule has 0 bridgehead atoms. The average Bonchev–Trinajstić information content (AvgIpc) is 2.51. The van der Waals surface area contributed by atoms with Gasteiger partial charge in [0, 0.05) is 15.4 Å². The first-order chi connectivity index (χ1) is 9.74. The van der Waals surface area contributed by atoms with E-state index < -0.39 is 0 Å². The number of amides is 2. The van der Waals surface area contributed by atoms with Crippen LogP contribution in [0.5, 0.6) is 0 Å². The SMILES string of the molecule is NNC(=O)c1ccc2c(c1)N(C=O)c1ccccc1S2. The lowest BCUT2D eigenvalue weighted by atomic mass is 10.1. The second kappa shape index (κ2) is 4.99. The van der Waals surface area contributed by atoms with Crippen LogP contribution in [0.2, 0.25) is 0 Å². The number of nitrogens with two attached hydrogens (primary N) is 1. The summed E-state index contributed by atoms with van der Waals surface area (Å²) in [6, 6.07) is 12.8. The lowest BCUT2D eigenvalue weighted by Crippen LogP contribution is -2.30. The van der Waals surface area contributed by atoms with Gasteiger partial charge in [0.05, 0.1) is 11.4 Å². The Labute approximate surface area is 119 Å². The van der Waals surface area contributed by atoms with E-state index in [1.165, 1.54) is 4.90 Å². The molecule has 1 heterocycles. The highest BCUT2D eigenvalue weighted by atomic mass is 32.2. The first kappa shape index (κ1) is 12.7. The molecule has 0 aromatic heterocycles. The van der Waals surface area contributed by atoms with Crippen molar-refractivity contribution in [1.29, 1.82) is 0 Å². The first-order valence-electron chi connectivity index (χ1n) is 5.91. The van der Waals surface area contributed by atoms with Crippen LogP contribution in [0, 0.1) is 0 Å². The number of anilines is 2. The predicted molar refractivity (Wildman–Crippen MR) is 76.9 cm³/mol. The van der Waals surface area contributed by atoms with Gasteiger partial charge < -0.3 is 0 Å². The van der Waals surface area contributed by atoms with Crippen LogP contribution in [0.1, 0.15) is 10.4 Å². The molecule has 0 atom stereocenters. The zero-order valence-electron chi connectivity index (χ0n) is 10.4. The highest BCUT2D eigenvalue weighted by Gasteiger charge is 2.23. The molecule has 1 aliphatic heterocycles. The van der Waals surface area contributed by atoms with Crippen LogP contribution in [0.25, 0.3) is 0 Å². The van der Waals surface area contributed by atoms with Crippen LogP contribution in [0.4, 0.5) is 11.4 Å². The van der Waals surface area contributed by atoms with Crippen LogP contribution in [-0.2, 0) is 4.79 Å². The van der Waals surface area contributed by atoms with Gasteiger partial charge in [-0.2, -0.15) is 0 Å². The van der Waals surface area contributed by atoms with Crippen LogP contribution < -0.4 is 16.2 Å². The Morgan fingerprint density at radius 2 is 1.90 bits per heavy atom. The number of hydrogen-bond donors (Lipinski definition) is 2. The van der Waals surface area contributed by atoms with Gasteiger partial charge in [-0.1, -0.05) is 23.9 Å². The Kier molecular flexibility index (Phi) is 3.17. The van der Waals surface area contributed by atoms with Gasteiger partial charge in [-0.3, -0.25) is 19.9 Å². The third-order valence-electron chi connectivity index (χ3n) is 3.06. The smallest absolute Gasteiger partial charge is 0.265 e. The summed E-state index contributed by atoms with van der Waals surface area (Å²) in [6.45, 7) is 0. The van der Waals surface area contributed by atoms with Gasteiger partial charge in [0.1, 0.15) is 0 Å². The molecule has 0 aliphatic carbocycles. The van der Waals surface area contributed by atoms with Gasteiger partial charge >= 0.3 is 0 Å². The quantitative estimate of drug-likeness (QED) is 0.383. The summed E-state index contributed by atoms with van der Waals surface area (Å²) in [5, 5.41) is 0. The molecule has 0 spiro atoms. The van der Waals surface area contributed by atoms with E-state index >= 15 is 0 Å². The largest absolute Gasteiger partial charge is 0.290 e. The summed E-state index contributed by atoms with van der Waals surface area (Å²) in [6.07, 6.45) is 0.752. The van der Waals surface area contributed by atoms with E-state index in [0.717, 1.165) is 21.9 Å². The van der Waals surface area contributed by atoms with Gasteiger partial charge in [-0.05, 0) is 30.3 Å². The predicted octanol–water partition coefficient (Wildman–Crippen LogP) is 2.05. The normalized spacial score (nSPS) is 12.3. The molecule has 2 aromatic carbocycles. The second-order valence-corrected chi connectivity index (χ2v) is 5.28. The van der Waals surface area contributed by atoms with Crippen LogP contribution in [-0.4, -0.2) is 12.3 Å². The summed E-state index contributed by atoms with van der Waals surface area (Å²) in [5.74, 6) is 4.75. The number of nitrogen functional groups attached to an aromatic ring is 1. The maximum absolute atomic E-state index is 11.6. The number of hydrazine groups is 1. The van der Waals surface area contributed by atoms with E-state index in [-0.39, 0.29) is 5.91 Å². The lowest BCUT2D eigenvalue weighted by molar-refractivity contribution is -0.106. The fourth-order valence-electron chi connectivity index (χ4n) is 2.12. The van der Waals surface area contributed by atoms with Crippen LogP contribution >= 0.6 is 11.8 Å². The topological polar surface area (TPSA) is 75.4 Å². The highest BCUT2D eigenvalue weighted by Crippen LogP contribution is 2.47. The fraction of sp³-hybridized carbons (Fsp3) is 0. The van der Waals surface area contributed by atoms with E-state index in [4.69, 9.17) is 5.84 Å². The minimum atomic E-state index is -0.387. The summed E-state index contributed by atoms with van der Waals surface area (Å²) >= 11 is 1.57. The molecule has 0 saturated heterocycles. The van der Waals surface area contributed by atoms with Crippen molar-refractivity contribution >= 4 is 35.5 Å². The minimum Gasteiger partial charge on any atom is -0.290 e. The van der Waals surface area contributed by atoms with Crippen molar-refractivity contribution in [2.75, 3.05) is 4.90 Å². The maximum Gasteiger partial charge on any atom is 0.265 e. The van der Waals surface area contributed by atoms with Crippen molar-refractivity contribution in [3.05, 3.63) is 48.0 Å². The third-order valence-corrected chi connectivity index (χ3v) is 4.19. The van der Waals surface area contributed by atoms with Crippen molar-refractivity contribution in [2.24, 2.45) is 5.84 Å². The van der Waals surface area contributed by atoms with E-state index in [1.807, 2.05) is 30.3 Å². The molecule has 100 valence electrons. The molecule has 3 N–H and O–H groups in total. The molecule has 0 saturated carbocycles. The number of hydrogen-bond acceptors (Lipinski definition) is 4. The molecule has 0 unspecified atom stereocenters. The number of nitrogens with zero attached hydrogens (tertiary/aromatic N) is 1. The summed E-state index contributed by atoms with van der Waals surface area (Å²) < 4.78 is 0. The summed E-state index contributed by atoms with van der Waals surface area (Å²) in [4.78, 5) is 26.5. The number of para-hydroxylation sites is 1. The Morgan fingerprint density at radius 1 is 1.15 bits per heavy atom. The van der Waals surface area contributed by atoms with Crippen LogP contribution in [0.15, 0.2) is 52.3 Å². The van der Waals surface area contributed by atoms with Crippen molar-refractivity contribution < 1.29 is 9.59 Å². The minimum absolute atomic E-state index is 0.387. The number of carbonyl (C=O) groups excluding carboxylic acids is 2. The lowest BCUT2D eigenvalue weighted by Gasteiger charge is -2.28. The zero-order valence-corrected chi connectivity index (χ0v) is 11.2. The van der Waals surface area contributed by atoms with Gasteiger partial charge in [-0.15, -0.1) is 0 Å². The Bertz CT molecular complexity index is 703. The Hall–Kier alpha value is -2.31. The molecule has 6 heteroatoms. The molecule has 2 amide bonds. The van der Waals surface area contributed by atoms with E-state index in [9.17, 15) is 9.59 Å². The molecule has 3 rings (SSSR count).